The van der Waals surface area contributed by atoms with Gasteiger partial charge in [0, 0.05) is 21.1 Å². The molecule has 0 saturated carbocycles. The molecule has 0 N–H and O–H groups in total. The number of rotatable bonds is 45. The Morgan fingerprint density at radius 1 is 0.458 bits per heavy atom. The second-order valence-electron chi connectivity index (χ2n) is 24.0. The van der Waals surface area contributed by atoms with Crippen LogP contribution in [0.2, 0.25) is 10.1 Å². The van der Waals surface area contributed by atoms with Gasteiger partial charge in [-0.05, 0) is 43.7 Å². The van der Waals surface area contributed by atoms with Gasteiger partial charge in [0.05, 0.1) is 32.3 Å². The Morgan fingerprint density at radius 3 is 1.02 bits per heavy atom. The zero-order chi connectivity index (χ0) is 65.1. The molecule has 83 heavy (non-hydrogen) atoms. The molecule has 11 nitrogen and oxygen atoms in total. The minimum absolute atomic E-state index is 0.123. The number of carbonyl (C=O) groups is 2. The molecular weight excluding hydrogens is 1090 g/mol. The van der Waals surface area contributed by atoms with Gasteiger partial charge in [0.25, 0.3) is 16.6 Å². The molecular formula is C69H106NO10PSi2. The number of hydrogen-bond donors (Lipinski definition) is 0. The van der Waals surface area contributed by atoms with Crippen molar-refractivity contribution in [3.8, 4) is 6.07 Å². The van der Waals surface area contributed by atoms with Crippen LogP contribution < -0.4 is 20.7 Å². The molecule has 460 valence electrons. The van der Waals surface area contributed by atoms with Crippen LogP contribution in [-0.4, -0.2) is 73.8 Å². The number of phosphoric acid groups is 1. The Morgan fingerprint density at radius 2 is 0.747 bits per heavy atom. The zero-order valence-electron chi connectivity index (χ0n) is 57.4. The maximum Gasteiger partial charge on any atom is 0.475 e. The smallest absolute Gasteiger partial charge is 0.463 e. The summed E-state index contributed by atoms with van der Waals surface area (Å²) >= 11 is 0. The van der Waals surface area contributed by atoms with E-state index >= 15 is 4.57 Å². The van der Waals surface area contributed by atoms with Gasteiger partial charge in [-0.15, -0.1) is 0 Å². The predicted octanol–water partition coefficient (Wildman–Crippen LogP) is 16.4. The second-order valence-corrected chi connectivity index (χ2v) is 34.2. The van der Waals surface area contributed by atoms with Crippen molar-refractivity contribution in [2.45, 2.75) is 238 Å². The van der Waals surface area contributed by atoms with E-state index in [4.69, 9.17) is 40.1 Å². The van der Waals surface area contributed by atoms with Crippen LogP contribution in [0.25, 0.3) is 0 Å². The van der Waals surface area contributed by atoms with Gasteiger partial charge >= 0.3 is 19.8 Å². The summed E-state index contributed by atoms with van der Waals surface area (Å²) in [6, 6.07) is 42.1. The average molecular weight is 1200 g/mol. The third-order valence-electron chi connectivity index (χ3n) is 15.3. The number of phosphoric ester groups is 1. The lowest BCUT2D eigenvalue weighted by molar-refractivity contribution is -0.147. The summed E-state index contributed by atoms with van der Waals surface area (Å²) in [5.41, 5.74) is 0. The molecule has 0 saturated heterocycles. The molecule has 4 rings (SSSR count). The highest BCUT2D eigenvalue weighted by Crippen LogP contribution is 2.51. The molecule has 0 unspecified atom stereocenters. The summed E-state index contributed by atoms with van der Waals surface area (Å²) in [4.78, 5) is 27.3. The van der Waals surface area contributed by atoms with Crippen LogP contribution >= 0.6 is 7.82 Å². The zero-order valence-corrected chi connectivity index (χ0v) is 54.3. The predicted molar refractivity (Wildman–Crippen MR) is 345 cm³/mol. The van der Waals surface area contributed by atoms with Gasteiger partial charge < -0.3 is 18.3 Å². The van der Waals surface area contributed by atoms with E-state index in [-0.39, 0.29) is 51.9 Å². The van der Waals surface area contributed by atoms with E-state index in [1.54, 1.807) is 0 Å². The van der Waals surface area contributed by atoms with Crippen molar-refractivity contribution in [2.75, 3.05) is 33.0 Å². The quantitative estimate of drug-likeness (QED) is 0.0181. The van der Waals surface area contributed by atoms with Crippen molar-refractivity contribution < 1.29 is 54.3 Å². The molecule has 0 aromatic heterocycles. The Labute approximate surface area is 513 Å². The van der Waals surface area contributed by atoms with Gasteiger partial charge in [0.15, 0.2) is 0 Å². The van der Waals surface area contributed by atoms with E-state index in [9.17, 15) is 14.9 Å². The second kappa shape index (κ2) is 39.5. The van der Waals surface area contributed by atoms with E-state index in [0.717, 1.165) is 136 Å². The van der Waals surface area contributed by atoms with E-state index in [1.165, 1.54) is 0 Å². The molecule has 0 aliphatic rings. The Bertz CT molecular complexity index is 2410. The van der Waals surface area contributed by atoms with Crippen molar-refractivity contribution in [1.29, 1.82) is 5.26 Å². The molecule has 0 aliphatic carbocycles. The molecule has 2 atom stereocenters. The van der Waals surface area contributed by atoms with Gasteiger partial charge in [-0.2, -0.15) is 5.26 Å². The van der Waals surface area contributed by atoms with Crippen LogP contribution in [0.1, 0.15) is 224 Å². The van der Waals surface area contributed by atoms with Gasteiger partial charge in [0.2, 0.25) is 0 Å². The summed E-state index contributed by atoms with van der Waals surface area (Å²) in [6.07, 6.45) is 17.9. The van der Waals surface area contributed by atoms with Gasteiger partial charge in [-0.1, -0.05) is 305 Å². The lowest BCUT2D eigenvalue weighted by atomic mass is 10.1. The number of esters is 2. The molecule has 0 bridgehead atoms. The number of hydrogen-bond acceptors (Lipinski definition) is 11. The van der Waals surface area contributed by atoms with Crippen molar-refractivity contribution in [2.24, 2.45) is 0 Å². The van der Waals surface area contributed by atoms with Crippen LogP contribution in [0, 0.1) is 11.3 Å². The summed E-state index contributed by atoms with van der Waals surface area (Å²) in [7, 11) is -11.4. The highest BCUT2D eigenvalue weighted by atomic mass is 31.2. The minimum Gasteiger partial charge on any atom is -0.463 e. The topological polar surface area (TPSA) is 140 Å². The largest absolute Gasteiger partial charge is 0.475 e. The fourth-order valence-corrected chi connectivity index (χ4v) is 21.4. The fraction of sp³-hybridized carbons (Fsp3) is 0.609. The SMILES string of the molecule is [2H]C([2H])([2H])CCCCCCCCCCCCC(=O)OC[C@@H](COP(=O)(OCCC#N)OC[C@H](COC(=O)CCCCCCCCCCCCC([2H])([2H])[2H])O[Si](c1ccccc1)(c1ccccc1)C(C)(C)C)O[Si](c1ccccc1)(c1ccccc1)C(C)(C)C. The first-order valence-electron chi connectivity index (χ1n) is 34.1. The van der Waals surface area contributed by atoms with Crippen LogP contribution in [0.4, 0.5) is 0 Å². The normalized spacial score (nSPS) is 14.5. The summed E-state index contributed by atoms with van der Waals surface area (Å²) in [5, 5.41) is 12.6. The third kappa shape index (κ3) is 25.0. The Hall–Kier alpha value is -4.23. The summed E-state index contributed by atoms with van der Waals surface area (Å²) < 4.78 is 106. The first-order valence-corrected chi connectivity index (χ1v) is 36.4. The van der Waals surface area contributed by atoms with Gasteiger partial charge in [0.1, 0.15) is 25.4 Å². The number of ether oxygens (including phenoxy) is 2. The minimum atomic E-state index is -4.65. The van der Waals surface area contributed by atoms with E-state index in [1.807, 2.05) is 72.8 Å². The third-order valence-corrected chi connectivity index (χ3v) is 26.9. The van der Waals surface area contributed by atoms with Crippen molar-refractivity contribution in [1.82, 2.24) is 0 Å². The molecule has 4 aromatic rings. The maximum absolute atomic E-state index is 15.4. The Balaban J connectivity index is 1.58. The van der Waals surface area contributed by atoms with Crippen molar-refractivity contribution >= 4 is 57.1 Å². The molecule has 0 aliphatic heterocycles. The van der Waals surface area contributed by atoms with E-state index < -0.39 is 85.6 Å². The van der Waals surface area contributed by atoms with E-state index in [0.29, 0.717) is 12.8 Å². The first-order chi connectivity index (χ1) is 42.3. The van der Waals surface area contributed by atoms with Crippen LogP contribution in [0.5, 0.6) is 0 Å². The van der Waals surface area contributed by atoms with Crippen LogP contribution in [0.3, 0.4) is 0 Å². The van der Waals surface area contributed by atoms with Crippen LogP contribution in [0.15, 0.2) is 121 Å². The van der Waals surface area contributed by atoms with Crippen molar-refractivity contribution in [3.05, 3.63) is 121 Å². The average Bonchev–Trinajstić information content (AvgIpc) is 0.797. The molecule has 4 aromatic carbocycles. The van der Waals surface area contributed by atoms with E-state index in [2.05, 4.69) is 96.1 Å². The molecule has 14 heteroatoms. The molecule has 0 amide bonds. The standard InChI is InChI=1S/C69H106NO10PSi2/c1-9-11-13-15-17-19-21-23-25-27-41-52-66(71)74-56-60(79-82(68(3,4)5,62-44-33-29-34-45-62)63-46-35-30-36-47-63)58-77-81(73,76-55-43-54-70)78-59-61(57-75-67(72)53-42-28-26-24-22-20-18-16-14-12-10-2)80-83(69(6,7)8,64-48-37-31-38-49-64)65-50-39-32-40-51-65/h29-40,44-51,60-61H,9-28,41-43,52-53,55-59H2,1-8H3/t60-,61-/m0/s1/i1D3,2D3. The molecule has 0 fully saturated rings. The molecule has 0 radical (unpaired) electrons. The molecule has 0 heterocycles. The highest BCUT2D eigenvalue weighted by molar-refractivity contribution is 7.48. The number of unbranched alkanes of at least 4 members (excludes halogenated alkanes) is 18. The summed E-state index contributed by atoms with van der Waals surface area (Å²) in [6.45, 7) is 7.52. The highest BCUT2D eigenvalue weighted by Gasteiger charge is 2.53. The number of nitriles is 1. The molecule has 0 spiro atoms. The monoisotopic (exact) mass is 1200 g/mol. The lowest BCUT2D eigenvalue weighted by Crippen LogP contribution is -2.68. The number of benzene rings is 4. The van der Waals surface area contributed by atoms with Gasteiger partial charge in [-0.25, -0.2) is 4.57 Å². The van der Waals surface area contributed by atoms with Crippen LogP contribution in [-0.2, 0) is 46.1 Å². The first kappa shape index (κ1) is 61.8. The van der Waals surface area contributed by atoms with Crippen molar-refractivity contribution in [3.63, 3.8) is 0 Å². The fourth-order valence-electron chi connectivity index (χ4n) is 10.9. The Kier molecular flexibility index (Phi) is 29.4. The maximum atomic E-state index is 15.4. The summed E-state index contributed by atoms with van der Waals surface area (Å²) in [5.74, 6) is -0.795. The number of carbonyl (C=O) groups excluding carboxylic acids is 2. The lowest BCUT2D eigenvalue weighted by Gasteiger charge is -2.45. The number of nitrogens with zero attached hydrogens (tertiary/aromatic N) is 1. The van der Waals surface area contributed by atoms with Gasteiger partial charge in [-0.3, -0.25) is 23.2 Å².